The number of piperidine rings is 1. The maximum atomic E-state index is 11.2. The molecule has 0 aliphatic carbocycles. The molecule has 1 aliphatic rings. The minimum absolute atomic E-state index is 0.102. The van der Waals surface area contributed by atoms with Gasteiger partial charge in [0.05, 0.1) is 6.10 Å². The van der Waals surface area contributed by atoms with Crippen LogP contribution in [0.15, 0.2) is 0 Å². The third kappa shape index (κ3) is 3.54. The van der Waals surface area contributed by atoms with E-state index in [-0.39, 0.29) is 12.3 Å². The van der Waals surface area contributed by atoms with Crippen LogP contribution < -0.4 is 0 Å². The molecular formula is C10H19NO3. The fourth-order valence-electron chi connectivity index (χ4n) is 1.52. The summed E-state index contributed by atoms with van der Waals surface area (Å²) >= 11 is 0. The first kappa shape index (κ1) is 11.3. The third-order valence-electron chi connectivity index (χ3n) is 2.27. The molecule has 1 rings (SSSR count). The Bertz CT molecular complexity index is 194. The van der Waals surface area contributed by atoms with Crippen molar-refractivity contribution in [2.24, 2.45) is 0 Å². The van der Waals surface area contributed by atoms with Crippen LogP contribution in [0.25, 0.3) is 0 Å². The fourth-order valence-corrected chi connectivity index (χ4v) is 1.52. The van der Waals surface area contributed by atoms with Gasteiger partial charge in [-0.15, -0.1) is 0 Å². The molecule has 82 valence electrons. The Balaban J connectivity index is 2.31. The highest BCUT2D eigenvalue weighted by Crippen LogP contribution is 2.16. The van der Waals surface area contributed by atoms with Crippen molar-refractivity contribution < 1.29 is 14.3 Å². The van der Waals surface area contributed by atoms with Gasteiger partial charge in [0, 0.05) is 6.54 Å². The third-order valence-corrected chi connectivity index (χ3v) is 2.27. The van der Waals surface area contributed by atoms with E-state index >= 15 is 0 Å². The summed E-state index contributed by atoms with van der Waals surface area (Å²) in [7, 11) is 1.96. The van der Waals surface area contributed by atoms with Gasteiger partial charge < -0.3 is 9.47 Å². The summed E-state index contributed by atoms with van der Waals surface area (Å²) in [4.78, 5) is 13.2. The molecule has 1 heterocycles. The molecule has 1 atom stereocenters. The maximum Gasteiger partial charge on any atom is 0.510 e. The molecule has 0 aromatic rings. The molecule has 0 saturated carbocycles. The SMILES string of the molecule is CC(C)OC(=O)OC1CCCCN1C. The molecule has 1 saturated heterocycles. The monoisotopic (exact) mass is 201 g/mol. The van der Waals surface area contributed by atoms with Crippen LogP contribution in [0.1, 0.15) is 33.1 Å². The zero-order chi connectivity index (χ0) is 10.6. The summed E-state index contributed by atoms with van der Waals surface area (Å²) < 4.78 is 10.1. The van der Waals surface area contributed by atoms with Crippen molar-refractivity contribution in [3.63, 3.8) is 0 Å². The number of hydrogen-bond acceptors (Lipinski definition) is 4. The summed E-state index contributed by atoms with van der Waals surface area (Å²) in [6.07, 6.45) is 2.42. The second kappa shape index (κ2) is 5.20. The van der Waals surface area contributed by atoms with E-state index in [9.17, 15) is 4.79 Å². The largest absolute Gasteiger partial charge is 0.510 e. The van der Waals surface area contributed by atoms with Crippen molar-refractivity contribution in [2.75, 3.05) is 13.6 Å². The van der Waals surface area contributed by atoms with Gasteiger partial charge in [0.25, 0.3) is 0 Å². The first-order valence-corrected chi connectivity index (χ1v) is 5.17. The van der Waals surface area contributed by atoms with Crippen LogP contribution in [0.3, 0.4) is 0 Å². The average Bonchev–Trinajstić information content (AvgIpc) is 2.07. The topological polar surface area (TPSA) is 38.8 Å². The Labute approximate surface area is 85.2 Å². The quantitative estimate of drug-likeness (QED) is 0.640. The highest BCUT2D eigenvalue weighted by atomic mass is 16.7. The van der Waals surface area contributed by atoms with E-state index in [2.05, 4.69) is 0 Å². The van der Waals surface area contributed by atoms with Crippen molar-refractivity contribution in [3.05, 3.63) is 0 Å². The standard InChI is InChI=1S/C10H19NO3/c1-8(2)13-10(12)14-9-6-4-5-7-11(9)3/h8-9H,4-7H2,1-3H3. The van der Waals surface area contributed by atoms with Crippen LogP contribution in [0.4, 0.5) is 4.79 Å². The van der Waals surface area contributed by atoms with Crippen molar-refractivity contribution in [1.29, 1.82) is 0 Å². The number of ether oxygens (including phenoxy) is 2. The molecule has 0 spiro atoms. The summed E-state index contributed by atoms with van der Waals surface area (Å²) in [5.74, 6) is 0. The van der Waals surface area contributed by atoms with E-state index in [1.54, 1.807) is 0 Å². The van der Waals surface area contributed by atoms with Crippen LogP contribution in [-0.2, 0) is 9.47 Å². The molecule has 0 aromatic heterocycles. The second-order valence-electron chi connectivity index (χ2n) is 3.97. The second-order valence-corrected chi connectivity index (χ2v) is 3.97. The lowest BCUT2D eigenvalue weighted by atomic mass is 10.1. The zero-order valence-electron chi connectivity index (χ0n) is 9.16. The smallest absolute Gasteiger partial charge is 0.432 e. The summed E-state index contributed by atoms with van der Waals surface area (Å²) in [6.45, 7) is 4.61. The van der Waals surface area contributed by atoms with Crippen molar-refractivity contribution in [1.82, 2.24) is 4.90 Å². The number of carbonyl (C=O) groups is 1. The molecule has 1 fully saturated rings. The minimum Gasteiger partial charge on any atom is -0.432 e. The van der Waals surface area contributed by atoms with Crippen LogP contribution in [-0.4, -0.2) is 37.0 Å². The van der Waals surface area contributed by atoms with Gasteiger partial charge in [-0.1, -0.05) is 0 Å². The van der Waals surface area contributed by atoms with Crippen LogP contribution >= 0.6 is 0 Å². The molecule has 0 bridgehead atoms. The predicted octanol–water partition coefficient (Wildman–Crippen LogP) is 1.99. The molecule has 1 unspecified atom stereocenters. The van der Waals surface area contributed by atoms with Crippen molar-refractivity contribution in [2.45, 2.75) is 45.4 Å². The van der Waals surface area contributed by atoms with Gasteiger partial charge in [0.2, 0.25) is 0 Å². The Kier molecular flexibility index (Phi) is 4.20. The maximum absolute atomic E-state index is 11.2. The molecular weight excluding hydrogens is 182 g/mol. The van der Waals surface area contributed by atoms with Crippen molar-refractivity contribution in [3.8, 4) is 0 Å². The van der Waals surface area contributed by atoms with E-state index in [0.717, 1.165) is 19.4 Å². The fraction of sp³-hybridized carbons (Fsp3) is 0.900. The summed E-state index contributed by atoms with van der Waals surface area (Å²) in [6, 6.07) is 0. The van der Waals surface area contributed by atoms with Crippen LogP contribution in [0, 0.1) is 0 Å². The minimum atomic E-state index is -0.557. The number of likely N-dealkylation sites (tertiary alicyclic amines) is 1. The van der Waals surface area contributed by atoms with E-state index in [4.69, 9.17) is 9.47 Å². The Morgan fingerprint density at radius 2 is 2.14 bits per heavy atom. The first-order valence-electron chi connectivity index (χ1n) is 5.17. The lowest BCUT2D eigenvalue weighted by Crippen LogP contribution is -2.39. The van der Waals surface area contributed by atoms with E-state index < -0.39 is 6.16 Å². The Morgan fingerprint density at radius 1 is 1.43 bits per heavy atom. The van der Waals surface area contributed by atoms with Gasteiger partial charge in [-0.2, -0.15) is 0 Å². The van der Waals surface area contributed by atoms with Gasteiger partial charge in [-0.05, 0) is 40.2 Å². The Morgan fingerprint density at radius 3 is 2.71 bits per heavy atom. The van der Waals surface area contributed by atoms with Gasteiger partial charge in [0.15, 0.2) is 6.23 Å². The van der Waals surface area contributed by atoms with E-state index in [1.165, 1.54) is 6.42 Å². The summed E-state index contributed by atoms with van der Waals surface area (Å²) in [5.41, 5.74) is 0. The molecule has 0 aromatic carbocycles. The van der Waals surface area contributed by atoms with Gasteiger partial charge in [0.1, 0.15) is 0 Å². The van der Waals surface area contributed by atoms with Crippen LogP contribution in [0.2, 0.25) is 0 Å². The number of carbonyl (C=O) groups excluding carboxylic acids is 1. The lowest BCUT2D eigenvalue weighted by Gasteiger charge is -2.31. The Hall–Kier alpha value is -0.770. The predicted molar refractivity (Wildman–Crippen MR) is 53.0 cm³/mol. The lowest BCUT2D eigenvalue weighted by molar-refractivity contribution is -0.0616. The molecule has 4 nitrogen and oxygen atoms in total. The summed E-state index contributed by atoms with van der Waals surface area (Å²) in [5, 5.41) is 0. The van der Waals surface area contributed by atoms with Gasteiger partial charge in [-0.3, -0.25) is 4.90 Å². The highest BCUT2D eigenvalue weighted by Gasteiger charge is 2.23. The molecule has 0 amide bonds. The van der Waals surface area contributed by atoms with E-state index in [1.807, 2.05) is 25.8 Å². The van der Waals surface area contributed by atoms with Crippen LogP contribution in [0.5, 0.6) is 0 Å². The number of nitrogens with zero attached hydrogens (tertiary/aromatic N) is 1. The van der Waals surface area contributed by atoms with Crippen molar-refractivity contribution >= 4 is 6.16 Å². The molecule has 4 heteroatoms. The normalized spacial score (nSPS) is 23.6. The first-order chi connectivity index (χ1) is 6.59. The van der Waals surface area contributed by atoms with Gasteiger partial charge in [-0.25, -0.2) is 4.79 Å². The molecule has 1 aliphatic heterocycles. The molecule has 14 heavy (non-hydrogen) atoms. The van der Waals surface area contributed by atoms with Gasteiger partial charge >= 0.3 is 6.16 Å². The zero-order valence-corrected chi connectivity index (χ0v) is 9.16. The number of hydrogen-bond donors (Lipinski definition) is 0. The highest BCUT2D eigenvalue weighted by molar-refractivity contribution is 5.60. The molecule has 0 N–H and O–H groups in total. The number of rotatable bonds is 2. The average molecular weight is 201 g/mol. The molecule has 0 radical (unpaired) electrons. The van der Waals surface area contributed by atoms with E-state index in [0.29, 0.717) is 0 Å².